The highest BCUT2D eigenvalue weighted by Gasteiger charge is 2.12. The molecule has 0 aromatic heterocycles. The third-order valence-electron chi connectivity index (χ3n) is 2.53. The van der Waals surface area contributed by atoms with Crippen LogP contribution in [-0.2, 0) is 9.53 Å². The van der Waals surface area contributed by atoms with Crippen LogP contribution in [0.1, 0.15) is 41.0 Å². The van der Waals surface area contributed by atoms with Crippen LogP contribution < -0.4 is 5.32 Å². The molecule has 17 heavy (non-hydrogen) atoms. The molecule has 0 aliphatic rings. The second-order valence-corrected chi connectivity index (χ2v) is 5.68. The molecule has 1 N–H and O–H groups in total. The van der Waals surface area contributed by atoms with Crippen LogP contribution in [0.15, 0.2) is 0 Å². The van der Waals surface area contributed by atoms with E-state index in [1.54, 1.807) is 0 Å². The van der Waals surface area contributed by atoms with Crippen LogP contribution in [-0.4, -0.2) is 49.2 Å². The standard InChI is InChI=1S/C13H28N2O2/c1-11(2)15(6)9-7-8-14-12(16)10-17-13(3,4)5/h11H,7-10H2,1-6H3,(H,14,16). The third-order valence-corrected chi connectivity index (χ3v) is 2.53. The van der Waals surface area contributed by atoms with Crippen molar-refractivity contribution in [1.82, 2.24) is 10.2 Å². The molecule has 1 amide bonds. The predicted octanol–water partition coefficient (Wildman–Crippen LogP) is 1.65. The van der Waals surface area contributed by atoms with Gasteiger partial charge in [0.15, 0.2) is 0 Å². The van der Waals surface area contributed by atoms with Crippen molar-refractivity contribution in [3.05, 3.63) is 0 Å². The maximum atomic E-state index is 11.4. The van der Waals surface area contributed by atoms with E-state index in [1.807, 2.05) is 20.8 Å². The monoisotopic (exact) mass is 244 g/mol. The molecule has 0 radical (unpaired) electrons. The summed E-state index contributed by atoms with van der Waals surface area (Å²) in [5, 5.41) is 2.86. The molecule has 0 saturated heterocycles. The van der Waals surface area contributed by atoms with Gasteiger partial charge in [-0.15, -0.1) is 0 Å². The molecule has 102 valence electrons. The summed E-state index contributed by atoms with van der Waals surface area (Å²) in [6, 6.07) is 0.551. The SMILES string of the molecule is CC(C)N(C)CCCNC(=O)COC(C)(C)C. The Bertz CT molecular complexity index is 222. The molecule has 0 atom stereocenters. The first kappa shape index (κ1) is 16.4. The Morgan fingerprint density at radius 2 is 1.94 bits per heavy atom. The minimum absolute atomic E-state index is 0.0351. The van der Waals surface area contributed by atoms with E-state index < -0.39 is 0 Å². The van der Waals surface area contributed by atoms with Gasteiger partial charge in [-0.3, -0.25) is 4.79 Å². The summed E-state index contributed by atoms with van der Waals surface area (Å²) in [7, 11) is 2.09. The van der Waals surface area contributed by atoms with E-state index in [0.29, 0.717) is 12.6 Å². The van der Waals surface area contributed by atoms with Crippen molar-refractivity contribution in [3.63, 3.8) is 0 Å². The number of nitrogens with one attached hydrogen (secondary N) is 1. The number of ether oxygens (including phenoxy) is 1. The van der Waals surface area contributed by atoms with Crippen LogP contribution in [0.2, 0.25) is 0 Å². The van der Waals surface area contributed by atoms with Gasteiger partial charge < -0.3 is 15.0 Å². The van der Waals surface area contributed by atoms with E-state index >= 15 is 0 Å². The summed E-state index contributed by atoms with van der Waals surface area (Å²) in [5.41, 5.74) is -0.255. The van der Waals surface area contributed by atoms with Crippen LogP contribution in [0, 0.1) is 0 Å². The van der Waals surface area contributed by atoms with Gasteiger partial charge in [-0.05, 0) is 54.6 Å². The van der Waals surface area contributed by atoms with Crippen molar-refractivity contribution in [2.75, 3.05) is 26.7 Å². The van der Waals surface area contributed by atoms with Crippen LogP contribution in [0.4, 0.5) is 0 Å². The molecule has 0 bridgehead atoms. The molecule has 4 nitrogen and oxygen atoms in total. The van der Waals surface area contributed by atoms with Gasteiger partial charge in [-0.2, -0.15) is 0 Å². The van der Waals surface area contributed by atoms with Crippen molar-refractivity contribution in [2.24, 2.45) is 0 Å². The van der Waals surface area contributed by atoms with E-state index in [4.69, 9.17) is 4.74 Å². The first-order chi connectivity index (χ1) is 7.72. The zero-order chi connectivity index (χ0) is 13.5. The number of nitrogens with zero attached hydrogens (tertiary/aromatic N) is 1. The predicted molar refractivity (Wildman–Crippen MR) is 71.1 cm³/mol. The van der Waals surface area contributed by atoms with Crippen LogP contribution in [0.5, 0.6) is 0 Å². The van der Waals surface area contributed by atoms with Crippen molar-refractivity contribution in [1.29, 1.82) is 0 Å². The van der Waals surface area contributed by atoms with Gasteiger partial charge in [-0.25, -0.2) is 0 Å². The maximum Gasteiger partial charge on any atom is 0.246 e. The summed E-state index contributed by atoms with van der Waals surface area (Å²) in [6.07, 6.45) is 0.968. The van der Waals surface area contributed by atoms with Crippen LogP contribution >= 0.6 is 0 Å². The Morgan fingerprint density at radius 1 is 1.35 bits per heavy atom. The average molecular weight is 244 g/mol. The van der Waals surface area contributed by atoms with Crippen molar-refractivity contribution in [2.45, 2.75) is 52.7 Å². The van der Waals surface area contributed by atoms with Gasteiger partial charge in [0.25, 0.3) is 0 Å². The summed E-state index contributed by atoms with van der Waals surface area (Å²) in [4.78, 5) is 13.7. The molecule has 0 aliphatic carbocycles. The number of rotatable bonds is 7. The molecular formula is C13H28N2O2. The van der Waals surface area contributed by atoms with E-state index in [1.165, 1.54) is 0 Å². The summed E-state index contributed by atoms with van der Waals surface area (Å²) >= 11 is 0. The lowest BCUT2D eigenvalue weighted by Gasteiger charge is -2.21. The molecule has 0 aliphatic heterocycles. The zero-order valence-electron chi connectivity index (χ0n) is 12.2. The third kappa shape index (κ3) is 10.3. The molecule has 0 heterocycles. The lowest BCUT2D eigenvalue weighted by atomic mass is 10.2. The summed E-state index contributed by atoms with van der Waals surface area (Å²) in [6.45, 7) is 12.0. The van der Waals surface area contributed by atoms with Gasteiger partial charge >= 0.3 is 0 Å². The fourth-order valence-corrected chi connectivity index (χ4v) is 1.15. The Kier molecular flexibility index (Phi) is 7.39. The van der Waals surface area contributed by atoms with E-state index in [2.05, 4.69) is 31.1 Å². The van der Waals surface area contributed by atoms with Crippen molar-refractivity contribution >= 4 is 5.91 Å². The number of hydrogen-bond acceptors (Lipinski definition) is 3. The lowest BCUT2D eigenvalue weighted by Crippen LogP contribution is -2.34. The number of carbonyl (C=O) groups excluding carboxylic acids is 1. The summed E-state index contributed by atoms with van der Waals surface area (Å²) < 4.78 is 5.39. The average Bonchev–Trinajstić information content (AvgIpc) is 2.20. The van der Waals surface area contributed by atoms with Gasteiger partial charge in [0, 0.05) is 12.6 Å². The quantitative estimate of drug-likeness (QED) is 0.692. The number of hydrogen-bond donors (Lipinski definition) is 1. The number of amides is 1. The molecule has 0 spiro atoms. The Hall–Kier alpha value is -0.610. The van der Waals surface area contributed by atoms with Crippen molar-refractivity contribution < 1.29 is 9.53 Å². The molecule has 0 aromatic carbocycles. The molecule has 4 heteroatoms. The fraction of sp³-hybridized carbons (Fsp3) is 0.923. The number of carbonyl (C=O) groups is 1. The van der Waals surface area contributed by atoms with Gasteiger partial charge in [0.1, 0.15) is 6.61 Å². The van der Waals surface area contributed by atoms with Crippen LogP contribution in [0.3, 0.4) is 0 Å². The highest BCUT2D eigenvalue weighted by molar-refractivity contribution is 5.77. The first-order valence-electron chi connectivity index (χ1n) is 6.33. The smallest absolute Gasteiger partial charge is 0.246 e. The zero-order valence-corrected chi connectivity index (χ0v) is 12.2. The Morgan fingerprint density at radius 3 is 2.41 bits per heavy atom. The molecular weight excluding hydrogens is 216 g/mol. The van der Waals surface area contributed by atoms with Crippen LogP contribution in [0.25, 0.3) is 0 Å². The normalized spacial score (nSPS) is 12.2. The summed E-state index contributed by atoms with van der Waals surface area (Å²) in [5.74, 6) is -0.0351. The highest BCUT2D eigenvalue weighted by atomic mass is 16.5. The van der Waals surface area contributed by atoms with E-state index in [9.17, 15) is 4.79 Å². The maximum absolute atomic E-state index is 11.4. The molecule has 0 saturated carbocycles. The second kappa shape index (κ2) is 7.67. The topological polar surface area (TPSA) is 41.6 Å². The lowest BCUT2D eigenvalue weighted by molar-refractivity contribution is -0.130. The molecule has 0 unspecified atom stereocenters. The van der Waals surface area contributed by atoms with E-state index in [-0.39, 0.29) is 18.1 Å². The second-order valence-electron chi connectivity index (χ2n) is 5.68. The van der Waals surface area contributed by atoms with Gasteiger partial charge in [0.2, 0.25) is 5.91 Å². The van der Waals surface area contributed by atoms with Crippen molar-refractivity contribution in [3.8, 4) is 0 Å². The highest BCUT2D eigenvalue weighted by Crippen LogP contribution is 2.05. The van der Waals surface area contributed by atoms with E-state index in [0.717, 1.165) is 13.0 Å². The fourth-order valence-electron chi connectivity index (χ4n) is 1.15. The Balaban J connectivity index is 3.52. The molecule has 0 rings (SSSR count). The minimum Gasteiger partial charge on any atom is -0.366 e. The largest absolute Gasteiger partial charge is 0.366 e. The Labute approximate surface area is 106 Å². The molecule has 0 aromatic rings. The van der Waals surface area contributed by atoms with Gasteiger partial charge in [0.05, 0.1) is 5.60 Å². The minimum atomic E-state index is -0.255. The first-order valence-corrected chi connectivity index (χ1v) is 6.33. The van der Waals surface area contributed by atoms with Gasteiger partial charge in [-0.1, -0.05) is 0 Å². The molecule has 0 fully saturated rings.